The van der Waals surface area contributed by atoms with Crippen molar-refractivity contribution in [3.05, 3.63) is 24.2 Å². The number of rotatable bonds is 4. The van der Waals surface area contributed by atoms with Crippen LogP contribution in [0.2, 0.25) is 0 Å². The van der Waals surface area contributed by atoms with Crippen LogP contribution >= 0.6 is 0 Å². The van der Waals surface area contributed by atoms with Gasteiger partial charge in [-0.1, -0.05) is 19.0 Å². The van der Waals surface area contributed by atoms with Crippen LogP contribution in [0.3, 0.4) is 0 Å². The number of pyridine rings is 1. The van der Waals surface area contributed by atoms with Gasteiger partial charge in [0.25, 0.3) is 0 Å². The Kier molecular flexibility index (Phi) is 5.16. The summed E-state index contributed by atoms with van der Waals surface area (Å²) >= 11 is 0. The minimum atomic E-state index is 0.00326. The lowest BCUT2D eigenvalue weighted by atomic mass is 10.2. The van der Waals surface area contributed by atoms with E-state index in [9.17, 15) is 4.79 Å². The van der Waals surface area contributed by atoms with E-state index in [2.05, 4.69) is 25.3 Å². The largest absolute Gasteiger partial charge is 0.353 e. The number of piperazine rings is 1. The van der Waals surface area contributed by atoms with Crippen LogP contribution in [0.4, 0.5) is 10.6 Å². The third kappa shape index (κ3) is 3.89. The maximum absolute atomic E-state index is 11.9. The van der Waals surface area contributed by atoms with Crippen LogP contribution < -0.4 is 10.2 Å². The van der Waals surface area contributed by atoms with E-state index in [1.54, 1.807) is 6.20 Å². The fourth-order valence-corrected chi connectivity index (χ4v) is 2.69. The van der Waals surface area contributed by atoms with Gasteiger partial charge in [0, 0.05) is 50.4 Å². The Labute approximate surface area is 147 Å². The molecule has 3 heterocycles. The van der Waals surface area contributed by atoms with Crippen molar-refractivity contribution in [1.82, 2.24) is 25.3 Å². The molecule has 0 spiro atoms. The first kappa shape index (κ1) is 17.2. The van der Waals surface area contributed by atoms with E-state index >= 15 is 0 Å². The van der Waals surface area contributed by atoms with Crippen LogP contribution in [0, 0.1) is 0 Å². The molecule has 0 saturated carbocycles. The molecule has 1 aliphatic heterocycles. The zero-order chi connectivity index (χ0) is 17.8. The van der Waals surface area contributed by atoms with E-state index in [0.29, 0.717) is 31.3 Å². The van der Waals surface area contributed by atoms with Gasteiger partial charge in [-0.2, -0.15) is 4.98 Å². The third-order valence-corrected chi connectivity index (χ3v) is 4.16. The Hall–Kier alpha value is -2.64. The average Bonchev–Trinajstić information content (AvgIpc) is 3.13. The molecular weight excluding hydrogens is 320 g/mol. The highest BCUT2D eigenvalue weighted by atomic mass is 16.5. The number of amides is 2. The fraction of sp³-hybridized carbons (Fsp3) is 0.529. The van der Waals surface area contributed by atoms with E-state index in [0.717, 1.165) is 24.5 Å². The Bertz CT molecular complexity index is 704. The number of anilines is 1. The second-order valence-corrected chi connectivity index (χ2v) is 6.33. The average molecular weight is 344 g/mol. The Morgan fingerprint density at radius 3 is 2.60 bits per heavy atom. The SMILES string of the molecule is CCNC(=O)N1CCN(c2ccc(-c3noc(C(C)C)n3)cn2)CC1. The second kappa shape index (κ2) is 7.50. The summed E-state index contributed by atoms with van der Waals surface area (Å²) in [5.74, 6) is 2.28. The standard InChI is InChI=1S/C17H24N6O2/c1-4-18-17(24)23-9-7-22(8-10-23)14-6-5-13(11-19-14)15-20-16(12(2)3)25-21-15/h5-6,11-12H,4,7-10H2,1-3H3,(H,18,24). The first-order valence-electron chi connectivity index (χ1n) is 8.66. The van der Waals surface area contributed by atoms with E-state index in [1.165, 1.54) is 0 Å². The number of carbonyl (C=O) groups is 1. The molecule has 25 heavy (non-hydrogen) atoms. The predicted octanol–water partition coefficient (Wildman–Crippen LogP) is 2.11. The van der Waals surface area contributed by atoms with Crippen molar-refractivity contribution in [2.24, 2.45) is 0 Å². The number of hydrogen-bond acceptors (Lipinski definition) is 6. The predicted molar refractivity (Wildman–Crippen MR) is 94.5 cm³/mol. The first-order valence-corrected chi connectivity index (χ1v) is 8.66. The summed E-state index contributed by atoms with van der Waals surface area (Å²) < 4.78 is 5.24. The highest BCUT2D eigenvalue weighted by Crippen LogP contribution is 2.21. The topological polar surface area (TPSA) is 87.4 Å². The molecule has 8 nitrogen and oxygen atoms in total. The lowest BCUT2D eigenvalue weighted by Gasteiger charge is -2.35. The molecule has 0 unspecified atom stereocenters. The molecule has 0 aromatic carbocycles. The van der Waals surface area contributed by atoms with Gasteiger partial charge in [-0.25, -0.2) is 9.78 Å². The molecule has 1 N–H and O–H groups in total. The van der Waals surface area contributed by atoms with Crippen molar-refractivity contribution in [2.45, 2.75) is 26.7 Å². The van der Waals surface area contributed by atoms with E-state index < -0.39 is 0 Å². The highest BCUT2D eigenvalue weighted by Gasteiger charge is 2.21. The van der Waals surface area contributed by atoms with Crippen molar-refractivity contribution in [3.63, 3.8) is 0 Å². The summed E-state index contributed by atoms with van der Waals surface area (Å²) in [5, 5.41) is 6.84. The molecular formula is C17H24N6O2. The first-order chi connectivity index (χ1) is 12.1. The normalized spacial score (nSPS) is 14.9. The summed E-state index contributed by atoms with van der Waals surface area (Å²) in [6.07, 6.45) is 1.76. The van der Waals surface area contributed by atoms with Crippen molar-refractivity contribution in [2.75, 3.05) is 37.6 Å². The van der Waals surface area contributed by atoms with Gasteiger partial charge in [0.2, 0.25) is 11.7 Å². The molecule has 2 aromatic rings. The molecule has 0 radical (unpaired) electrons. The van der Waals surface area contributed by atoms with Crippen molar-refractivity contribution < 1.29 is 9.32 Å². The van der Waals surface area contributed by atoms with Crippen molar-refractivity contribution >= 4 is 11.8 Å². The summed E-state index contributed by atoms with van der Waals surface area (Å²) in [7, 11) is 0. The van der Waals surface area contributed by atoms with E-state index in [4.69, 9.17) is 4.52 Å². The van der Waals surface area contributed by atoms with Gasteiger partial charge >= 0.3 is 6.03 Å². The van der Waals surface area contributed by atoms with Gasteiger partial charge in [-0.15, -0.1) is 0 Å². The number of carbonyl (C=O) groups excluding carboxylic acids is 1. The van der Waals surface area contributed by atoms with Gasteiger partial charge in [0.05, 0.1) is 0 Å². The monoisotopic (exact) mass is 344 g/mol. The van der Waals surface area contributed by atoms with Crippen molar-refractivity contribution in [1.29, 1.82) is 0 Å². The molecule has 0 bridgehead atoms. The summed E-state index contributed by atoms with van der Waals surface area (Å²) in [6, 6.07) is 3.92. The number of nitrogens with one attached hydrogen (secondary N) is 1. The van der Waals surface area contributed by atoms with E-state index in [1.807, 2.05) is 37.8 Å². The molecule has 0 aliphatic carbocycles. The maximum Gasteiger partial charge on any atom is 0.317 e. The number of hydrogen-bond donors (Lipinski definition) is 1. The molecule has 3 rings (SSSR count). The number of urea groups is 1. The molecule has 1 fully saturated rings. The highest BCUT2D eigenvalue weighted by molar-refractivity contribution is 5.74. The maximum atomic E-state index is 11.9. The smallest absolute Gasteiger partial charge is 0.317 e. The number of aromatic nitrogens is 3. The van der Waals surface area contributed by atoms with Crippen LogP contribution in [0.5, 0.6) is 0 Å². The fourth-order valence-electron chi connectivity index (χ4n) is 2.69. The quantitative estimate of drug-likeness (QED) is 0.914. The van der Waals surface area contributed by atoms with Gasteiger partial charge in [-0.05, 0) is 19.1 Å². The molecule has 1 aliphatic rings. The van der Waals surface area contributed by atoms with Crippen LogP contribution in [-0.2, 0) is 0 Å². The zero-order valence-electron chi connectivity index (χ0n) is 14.9. The molecule has 1 saturated heterocycles. The molecule has 2 aromatic heterocycles. The molecule has 0 atom stereocenters. The molecule has 8 heteroatoms. The number of nitrogens with zero attached hydrogens (tertiary/aromatic N) is 5. The van der Waals surface area contributed by atoms with Gasteiger partial charge in [-0.3, -0.25) is 0 Å². The Balaban J connectivity index is 1.62. The van der Waals surface area contributed by atoms with Crippen molar-refractivity contribution in [3.8, 4) is 11.4 Å². The zero-order valence-corrected chi connectivity index (χ0v) is 14.9. The van der Waals surface area contributed by atoms with Gasteiger partial charge < -0.3 is 19.6 Å². The second-order valence-electron chi connectivity index (χ2n) is 6.33. The Morgan fingerprint density at radius 2 is 2.04 bits per heavy atom. The molecule has 134 valence electrons. The lowest BCUT2D eigenvalue weighted by molar-refractivity contribution is 0.195. The minimum absolute atomic E-state index is 0.00326. The van der Waals surface area contributed by atoms with Gasteiger partial charge in [0.1, 0.15) is 5.82 Å². The minimum Gasteiger partial charge on any atom is -0.353 e. The summed E-state index contributed by atoms with van der Waals surface area (Å²) in [6.45, 7) is 9.52. The van der Waals surface area contributed by atoms with Crippen LogP contribution in [0.1, 0.15) is 32.6 Å². The van der Waals surface area contributed by atoms with Crippen LogP contribution in [0.25, 0.3) is 11.4 Å². The van der Waals surface area contributed by atoms with Gasteiger partial charge in [0.15, 0.2) is 0 Å². The Morgan fingerprint density at radius 1 is 1.28 bits per heavy atom. The van der Waals surface area contributed by atoms with Crippen LogP contribution in [-0.4, -0.2) is 58.8 Å². The summed E-state index contributed by atoms with van der Waals surface area (Å²) in [4.78, 5) is 24.8. The van der Waals surface area contributed by atoms with E-state index in [-0.39, 0.29) is 11.9 Å². The molecule has 2 amide bonds. The summed E-state index contributed by atoms with van der Waals surface area (Å²) in [5.41, 5.74) is 0.834. The lowest BCUT2D eigenvalue weighted by Crippen LogP contribution is -2.52. The van der Waals surface area contributed by atoms with Crippen LogP contribution in [0.15, 0.2) is 22.9 Å². The third-order valence-electron chi connectivity index (χ3n) is 4.16.